The minimum atomic E-state index is -0.972. The summed E-state index contributed by atoms with van der Waals surface area (Å²) in [4.78, 5) is 4.06. The molecule has 0 spiro atoms. The Morgan fingerprint density at radius 1 is 1.37 bits per heavy atom. The van der Waals surface area contributed by atoms with E-state index in [-0.39, 0.29) is 12.4 Å². The molecule has 3 nitrogen and oxygen atoms in total. The first-order valence-corrected chi connectivity index (χ1v) is 6.72. The Bertz CT molecular complexity index is 611. The zero-order valence-electron chi connectivity index (χ0n) is 9.94. The van der Waals surface area contributed by atoms with E-state index >= 15 is 0 Å². The summed E-state index contributed by atoms with van der Waals surface area (Å²) < 4.78 is 34.6. The average molecular weight is 329 g/mol. The van der Waals surface area contributed by atoms with Crippen LogP contribution in [0.3, 0.4) is 0 Å². The summed E-state index contributed by atoms with van der Waals surface area (Å²) in [6.07, 6.45) is 5.69. The van der Waals surface area contributed by atoms with Gasteiger partial charge in [0.05, 0.1) is 18.2 Å². The fourth-order valence-electron chi connectivity index (χ4n) is 1.91. The third-order valence-corrected chi connectivity index (χ3v) is 3.48. The van der Waals surface area contributed by atoms with Crippen LogP contribution < -0.4 is 4.74 Å². The molecule has 1 fully saturated rings. The maximum atomic E-state index is 13.5. The van der Waals surface area contributed by atoms with Crippen LogP contribution in [0, 0.1) is 11.6 Å². The summed E-state index contributed by atoms with van der Waals surface area (Å²) in [6.45, 7) is 0.170. The van der Waals surface area contributed by atoms with Gasteiger partial charge in [0.15, 0.2) is 11.6 Å². The predicted octanol–water partition coefficient (Wildman–Crippen LogP) is 3.84. The third kappa shape index (κ3) is 2.63. The molecule has 2 aromatic rings. The monoisotopic (exact) mass is 328 g/mol. The van der Waals surface area contributed by atoms with Crippen LogP contribution in [-0.2, 0) is 6.61 Å². The summed E-state index contributed by atoms with van der Waals surface area (Å²) >= 11 is 3.11. The molecule has 100 valence electrons. The Morgan fingerprint density at radius 3 is 2.89 bits per heavy atom. The molecule has 0 bridgehead atoms. The van der Waals surface area contributed by atoms with Crippen molar-refractivity contribution in [3.8, 4) is 5.75 Å². The summed E-state index contributed by atoms with van der Waals surface area (Å²) in [5, 5.41) is 0. The number of imidazole rings is 1. The Kier molecular flexibility index (Phi) is 3.26. The number of rotatable bonds is 4. The largest absolute Gasteiger partial charge is 0.484 e. The molecule has 3 rings (SSSR count). The van der Waals surface area contributed by atoms with Gasteiger partial charge in [0.25, 0.3) is 0 Å². The molecule has 1 aliphatic carbocycles. The molecule has 0 aliphatic heterocycles. The van der Waals surface area contributed by atoms with Crippen molar-refractivity contribution < 1.29 is 13.5 Å². The van der Waals surface area contributed by atoms with Gasteiger partial charge in [0, 0.05) is 10.5 Å². The highest BCUT2D eigenvalue weighted by molar-refractivity contribution is 9.10. The molecule has 1 aliphatic rings. The van der Waals surface area contributed by atoms with E-state index < -0.39 is 11.6 Å². The van der Waals surface area contributed by atoms with Crippen molar-refractivity contribution in [1.82, 2.24) is 9.55 Å². The Balaban J connectivity index is 1.77. The van der Waals surface area contributed by atoms with Gasteiger partial charge in [-0.05, 0) is 25.0 Å². The van der Waals surface area contributed by atoms with Crippen molar-refractivity contribution in [3.05, 3.63) is 46.5 Å². The van der Waals surface area contributed by atoms with Crippen LogP contribution in [0.5, 0.6) is 5.75 Å². The van der Waals surface area contributed by atoms with E-state index in [9.17, 15) is 8.78 Å². The van der Waals surface area contributed by atoms with Gasteiger partial charge in [0.1, 0.15) is 6.61 Å². The van der Waals surface area contributed by atoms with Gasteiger partial charge in [-0.15, -0.1) is 0 Å². The van der Waals surface area contributed by atoms with E-state index in [4.69, 9.17) is 4.74 Å². The quantitative estimate of drug-likeness (QED) is 0.797. The second kappa shape index (κ2) is 4.92. The van der Waals surface area contributed by atoms with E-state index in [1.807, 2.05) is 4.57 Å². The van der Waals surface area contributed by atoms with Gasteiger partial charge in [-0.2, -0.15) is 4.39 Å². The van der Waals surface area contributed by atoms with Gasteiger partial charge < -0.3 is 9.30 Å². The lowest BCUT2D eigenvalue weighted by molar-refractivity contribution is 0.275. The van der Waals surface area contributed by atoms with E-state index in [0.717, 1.165) is 24.6 Å². The lowest BCUT2D eigenvalue weighted by atomic mass is 10.3. The normalized spacial score (nSPS) is 14.7. The first-order valence-electron chi connectivity index (χ1n) is 5.93. The maximum Gasteiger partial charge on any atom is 0.200 e. The van der Waals surface area contributed by atoms with Gasteiger partial charge in [-0.3, -0.25) is 0 Å². The van der Waals surface area contributed by atoms with Crippen LogP contribution in [0.15, 0.2) is 29.1 Å². The molecule has 1 aromatic carbocycles. The van der Waals surface area contributed by atoms with Gasteiger partial charge >= 0.3 is 0 Å². The Morgan fingerprint density at radius 2 is 2.16 bits per heavy atom. The Labute approximate surface area is 117 Å². The highest BCUT2D eigenvalue weighted by Gasteiger charge is 2.25. The summed E-state index contributed by atoms with van der Waals surface area (Å²) in [7, 11) is 0. The van der Waals surface area contributed by atoms with Crippen LogP contribution in [0.2, 0.25) is 0 Å². The zero-order valence-corrected chi connectivity index (χ0v) is 11.5. The van der Waals surface area contributed by atoms with Gasteiger partial charge in [-0.25, -0.2) is 9.37 Å². The molecule has 0 saturated heterocycles. The summed E-state index contributed by atoms with van der Waals surface area (Å²) in [5.41, 5.74) is 0.863. The van der Waals surface area contributed by atoms with Crippen LogP contribution in [-0.4, -0.2) is 9.55 Å². The van der Waals surface area contributed by atoms with Crippen molar-refractivity contribution in [1.29, 1.82) is 0 Å². The highest BCUT2D eigenvalue weighted by Crippen LogP contribution is 2.36. The first kappa shape index (κ1) is 12.6. The number of nitrogens with zero attached hydrogens (tertiary/aromatic N) is 2. The predicted molar refractivity (Wildman–Crippen MR) is 68.9 cm³/mol. The lowest BCUT2D eigenvalue weighted by Crippen LogP contribution is -2.05. The molecule has 1 heterocycles. The molecule has 0 atom stereocenters. The summed E-state index contributed by atoms with van der Waals surface area (Å²) in [6, 6.07) is 2.96. The van der Waals surface area contributed by atoms with Crippen molar-refractivity contribution >= 4 is 15.9 Å². The third-order valence-electron chi connectivity index (χ3n) is 3.02. The van der Waals surface area contributed by atoms with E-state index in [0.29, 0.717) is 10.5 Å². The number of hydrogen-bond donors (Lipinski definition) is 0. The lowest BCUT2D eigenvalue weighted by Gasteiger charge is -2.10. The molecule has 19 heavy (non-hydrogen) atoms. The Hall–Kier alpha value is -1.43. The number of ether oxygens (including phenoxy) is 1. The molecule has 0 amide bonds. The minimum absolute atomic E-state index is 0.101. The number of halogens is 3. The SMILES string of the molecule is Fc1cc(Br)cc(OCc2cncn2C2CC2)c1F. The average Bonchev–Trinajstić information content (AvgIpc) is 3.11. The van der Waals surface area contributed by atoms with Crippen molar-refractivity contribution in [3.63, 3.8) is 0 Å². The second-order valence-electron chi connectivity index (χ2n) is 4.51. The van der Waals surface area contributed by atoms with Crippen LogP contribution >= 0.6 is 15.9 Å². The van der Waals surface area contributed by atoms with Crippen LogP contribution in [0.25, 0.3) is 0 Å². The highest BCUT2D eigenvalue weighted by atomic mass is 79.9. The van der Waals surface area contributed by atoms with E-state index in [1.165, 1.54) is 6.07 Å². The molecule has 0 N–H and O–H groups in total. The molecule has 1 aromatic heterocycles. The van der Waals surface area contributed by atoms with E-state index in [2.05, 4.69) is 20.9 Å². The first-order chi connectivity index (χ1) is 9.15. The molecular formula is C13H11BrF2N2O. The van der Waals surface area contributed by atoms with Crippen molar-refractivity contribution in [2.45, 2.75) is 25.5 Å². The summed E-state index contributed by atoms with van der Waals surface area (Å²) in [5.74, 6) is -2.00. The van der Waals surface area contributed by atoms with Crippen molar-refractivity contribution in [2.24, 2.45) is 0 Å². The number of hydrogen-bond acceptors (Lipinski definition) is 2. The topological polar surface area (TPSA) is 27.1 Å². The van der Waals surface area contributed by atoms with E-state index in [1.54, 1.807) is 12.5 Å². The van der Waals surface area contributed by atoms with Gasteiger partial charge in [0.2, 0.25) is 5.82 Å². The molecule has 0 unspecified atom stereocenters. The van der Waals surface area contributed by atoms with Crippen molar-refractivity contribution in [2.75, 3.05) is 0 Å². The fraction of sp³-hybridized carbons (Fsp3) is 0.308. The standard InChI is InChI=1S/C13H11BrF2N2O/c14-8-3-11(15)13(16)12(4-8)19-6-10-5-17-7-18(10)9-1-2-9/h3-5,7,9H,1-2,6H2. The number of aromatic nitrogens is 2. The van der Waals surface area contributed by atoms with Crippen LogP contribution in [0.1, 0.15) is 24.6 Å². The second-order valence-corrected chi connectivity index (χ2v) is 5.43. The van der Waals surface area contributed by atoms with Crippen LogP contribution in [0.4, 0.5) is 8.78 Å². The minimum Gasteiger partial charge on any atom is -0.484 e. The maximum absolute atomic E-state index is 13.5. The number of benzene rings is 1. The molecule has 6 heteroatoms. The molecule has 1 saturated carbocycles. The zero-order chi connectivity index (χ0) is 13.4. The smallest absolute Gasteiger partial charge is 0.200 e. The van der Waals surface area contributed by atoms with Gasteiger partial charge in [-0.1, -0.05) is 15.9 Å². The fourth-order valence-corrected chi connectivity index (χ4v) is 2.32. The molecule has 0 radical (unpaired) electrons. The molecular weight excluding hydrogens is 318 g/mol.